The molecule has 0 aliphatic heterocycles. The Hall–Kier alpha value is -1.91. The zero-order valence-corrected chi connectivity index (χ0v) is 10.7. The SMILES string of the molecule is CC(C)C(=O)N(CCC(=O)O)Cc1cccnc1. The third-order valence-electron chi connectivity index (χ3n) is 2.50. The van der Waals surface area contributed by atoms with Crippen molar-refractivity contribution in [2.24, 2.45) is 5.92 Å². The van der Waals surface area contributed by atoms with Gasteiger partial charge in [0.1, 0.15) is 0 Å². The van der Waals surface area contributed by atoms with Gasteiger partial charge in [-0.05, 0) is 11.6 Å². The smallest absolute Gasteiger partial charge is 0.305 e. The Morgan fingerprint density at radius 2 is 2.17 bits per heavy atom. The minimum absolute atomic E-state index is 0.0416. The second-order valence-electron chi connectivity index (χ2n) is 4.42. The number of carboxylic acids is 1. The summed E-state index contributed by atoms with van der Waals surface area (Å²) >= 11 is 0. The van der Waals surface area contributed by atoms with Crippen LogP contribution in [0.1, 0.15) is 25.8 Å². The number of amides is 1. The van der Waals surface area contributed by atoms with Gasteiger partial charge in [-0.3, -0.25) is 14.6 Å². The average molecular weight is 250 g/mol. The first-order valence-electron chi connectivity index (χ1n) is 5.90. The van der Waals surface area contributed by atoms with E-state index in [0.29, 0.717) is 6.54 Å². The predicted molar refractivity (Wildman–Crippen MR) is 66.7 cm³/mol. The Morgan fingerprint density at radius 3 is 2.67 bits per heavy atom. The van der Waals surface area contributed by atoms with Gasteiger partial charge < -0.3 is 10.0 Å². The molecule has 0 aliphatic rings. The van der Waals surface area contributed by atoms with Crippen molar-refractivity contribution in [1.82, 2.24) is 9.88 Å². The van der Waals surface area contributed by atoms with Crippen LogP contribution in [0.15, 0.2) is 24.5 Å². The Labute approximate surface area is 106 Å². The van der Waals surface area contributed by atoms with Crippen molar-refractivity contribution in [3.05, 3.63) is 30.1 Å². The highest BCUT2D eigenvalue weighted by atomic mass is 16.4. The molecule has 0 unspecified atom stereocenters. The molecule has 5 heteroatoms. The van der Waals surface area contributed by atoms with Crippen LogP contribution in [-0.2, 0) is 16.1 Å². The highest BCUT2D eigenvalue weighted by Gasteiger charge is 2.18. The van der Waals surface area contributed by atoms with E-state index in [1.807, 2.05) is 6.07 Å². The largest absolute Gasteiger partial charge is 0.481 e. The van der Waals surface area contributed by atoms with E-state index in [1.165, 1.54) is 0 Å². The number of pyridine rings is 1. The topological polar surface area (TPSA) is 70.5 Å². The molecule has 0 spiro atoms. The van der Waals surface area contributed by atoms with Crippen molar-refractivity contribution in [3.63, 3.8) is 0 Å². The summed E-state index contributed by atoms with van der Waals surface area (Å²) in [5.74, 6) is -1.08. The first-order chi connectivity index (χ1) is 8.50. The molecule has 0 fully saturated rings. The lowest BCUT2D eigenvalue weighted by Crippen LogP contribution is -2.35. The lowest BCUT2D eigenvalue weighted by Gasteiger charge is -2.23. The van der Waals surface area contributed by atoms with Gasteiger partial charge in [-0.15, -0.1) is 0 Å². The van der Waals surface area contributed by atoms with Crippen molar-refractivity contribution in [2.75, 3.05) is 6.54 Å². The molecule has 0 bridgehead atoms. The van der Waals surface area contributed by atoms with Crippen LogP contribution in [0.4, 0.5) is 0 Å². The van der Waals surface area contributed by atoms with E-state index in [2.05, 4.69) is 4.98 Å². The number of carbonyl (C=O) groups is 2. The maximum Gasteiger partial charge on any atom is 0.305 e. The van der Waals surface area contributed by atoms with Crippen molar-refractivity contribution in [1.29, 1.82) is 0 Å². The van der Waals surface area contributed by atoms with Gasteiger partial charge in [-0.25, -0.2) is 0 Å². The molecule has 0 saturated heterocycles. The number of hydrogen-bond donors (Lipinski definition) is 1. The van der Waals surface area contributed by atoms with E-state index >= 15 is 0 Å². The Kier molecular flexibility index (Phi) is 5.30. The third kappa shape index (κ3) is 4.53. The zero-order chi connectivity index (χ0) is 13.5. The first kappa shape index (κ1) is 14.2. The molecule has 0 atom stereocenters. The molecule has 1 heterocycles. The Morgan fingerprint density at radius 1 is 1.44 bits per heavy atom. The number of nitrogens with zero attached hydrogens (tertiary/aromatic N) is 2. The molecule has 1 aromatic rings. The summed E-state index contributed by atoms with van der Waals surface area (Å²) in [5, 5.41) is 8.70. The maximum absolute atomic E-state index is 12.0. The second kappa shape index (κ2) is 6.74. The molecule has 0 saturated carbocycles. The summed E-state index contributed by atoms with van der Waals surface area (Å²) in [6.07, 6.45) is 3.30. The fraction of sp³-hybridized carbons (Fsp3) is 0.462. The quantitative estimate of drug-likeness (QED) is 0.831. The van der Waals surface area contributed by atoms with Gasteiger partial charge in [-0.2, -0.15) is 0 Å². The molecule has 1 aromatic heterocycles. The van der Waals surface area contributed by atoms with E-state index in [1.54, 1.807) is 37.2 Å². The highest BCUT2D eigenvalue weighted by Crippen LogP contribution is 2.08. The van der Waals surface area contributed by atoms with E-state index < -0.39 is 5.97 Å². The van der Waals surface area contributed by atoms with Crippen LogP contribution in [0.2, 0.25) is 0 Å². The van der Waals surface area contributed by atoms with Gasteiger partial charge >= 0.3 is 5.97 Å². The summed E-state index contributed by atoms with van der Waals surface area (Å²) in [4.78, 5) is 28.1. The average Bonchev–Trinajstić information content (AvgIpc) is 2.34. The number of carbonyl (C=O) groups excluding carboxylic acids is 1. The molecular weight excluding hydrogens is 232 g/mol. The van der Waals surface area contributed by atoms with Crippen LogP contribution in [0.25, 0.3) is 0 Å². The standard InChI is InChI=1S/C13H18N2O3/c1-10(2)13(18)15(7-5-12(16)17)9-11-4-3-6-14-8-11/h3-4,6,8,10H,5,7,9H2,1-2H3,(H,16,17). The molecule has 0 aromatic carbocycles. The summed E-state index contributed by atoms with van der Waals surface area (Å²) in [7, 11) is 0. The van der Waals surface area contributed by atoms with Crippen LogP contribution in [-0.4, -0.2) is 33.4 Å². The molecule has 5 nitrogen and oxygen atoms in total. The number of carboxylic acid groups (broad SMARTS) is 1. The van der Waals surface area contributed by atoms with Crippen LogP contribution >= 0.6 is 0 Å². The van der Waals surface area contributed by atoms with Crippen LogP contribution in [0.5, 0.6) is 0 Å². The molecule has 1 amide bonds. The van der Waals surface area contributed by atoms with E-state index in [-0.39, 0.29) is 24.8 Å². The first-order valence-corrected chi connectivity index (χ1v) is 5.90. The van der Waals surface area contributed by atoms with Gasteiger partial charge in [0.15, 0.2) is 0 Å². The minimum atomic E-state index is -0.900. The van der Waals surface area contributed by atoms with Crippen LogP contribution < -0.4 is 0 Å². The summed E-state index contributed by atoms with van der Waals surface area (Å²) in [6, 6.07) is 3.67. The summed E-state index contributed by atoms with van der Waals surface area (Å²) in [5.41, 5.74) is 0.900. The molecule has 0 aliphatic carbocycles. The molecule has 1 N–H and O–H groups in total. The normalized spacial score (nSPS) is 10.4. The Balaban J connectivity index is 2.71. The van der Waals surface area contributed by atoms with Crippen LogP contribution in [0, 0.1) is 5.92 Å². The van der Waals surface area contributed by atoms with Gasteiger partial charge in [0, 0.05) is 31.4 Å². The van der Waals surface area contributed by atoms with Crippen molar-refractivity contribution in [3.8, 4) is 0 Å². The zero-order valence-electron chi connectivity index (χ0n) is 10.7. The second-order valence-corrected chi connectivity index (χ2v) is 4.42. The van der Waals surface area contributed by atoms with Gasteiger partial charge in [0.25, 0.3) is 0 Å². The van der Waals surface area contributed by atoms with E-state index in [0.717, 1.165) is 5.56 Å². The minimum Gasteiger partial charge on any atom is -0.481 e. The number of aromatic nitrogens is 1. The number of hydrogen-bond acceptors (Lipinski definition) is 3. The molecule has 0 radical (unpaired) electrons. The Bertz CT molecular complexity index is 404. The van der Waals surface area contributed by atoms with Crippen molar-refractivity contribution < 1.29 is 14.7 Å². The lowest BCUT2D eigenvalue weighted by molar-refractivity contribution is -0.139. The maximum atomic E-state index is 12.0. The van der Waals surface area contributed by atoms with E-state index in [4.69, 9.17) is 5.11 Å². The lowest BCUT2D eigenvalue weighted by atomic mass is 10.1. The van der Waals surface area contributed by atoms with Gasteiger partial charge in [0.05, 0.1) is 6.42 Å². The number of aliphatic carboxylic acids is 1. The third-order valence-corrected chi connectivity index (χ3v) is 2.50. The highest BCUT2D eigenvalue weighted by molar-refractivity contribution is 5.78. The van der Waals surface area contributed by atoms with Crippen molar-refractivity contribution in [2.45, 2.75) is 26.8 Å². The van der Waals surface area contributed by atoms with E-state index in [9.17, 15) is 9.59 Å². The summed E-state index contributed by atoms with van der Waals surface area (Å²) < 4.78 is 0. The molecule has 18 heavy (non-hydrogen) atoms. The fourth-order valence-corrected chi connectivity index (χ4v) is 1.57. The molecule has 1 rings (SSSR count). The van der Waals surface area contributed by atoms with Gasteiger partial charge in [0.2, 0.25) is 5.91 Å². The molecular formula is C13H18N2O3. The predicted octanol–water partition coefficient (Wildman–Crippen LogP) is 1.54. The van der Waals surface area contributed by atoms with Crippen LogP contribution in [0.3, 0.4) is 0 Å². The van der Waals surface area contributed by atoms with Crippen molar-refractivity contribution >= 4 is 11.9 Å². The fourth-order valence-electron chi connectivity index (χ4n) is 1.57. The molecule has 98 valence electrons. The van der Waals surface area contributed by atoms with Gasteiger partial charge in [-0.1, -0.05) is 19.9 Å². The number of rotatable bonds is 6. The summed E-state index contributed by atoms with van der Waals surface area (Å²) in [6.45, 7) is 4.23. The monoisotopic (exact) mass is 250 g/mol.